The second-order valence-electron chi connectivity index (χ2n) is 4.65. The summed E-state index contributed by atoms with van der Waals surface area (Å²) in [4.78, 5) is 0.228. The van der Waals surface area contributed by atoms with Gasteiger partial charge in [-0.25, -0.2) is 12.7 Å². The van der Waals surface area contributed by atoms with E-state index in [2.05, 4.69) is 6.58 Å². The van der Waals surface area contributed by atoms with Gasteiger partial charge < -0.3 is 5.73 Å². The molecular weight excluding hydrogens is 296 g/mol. The number of benzene rings is 1. The zero-order chi connectivity index (χ0) is 15.3. The summed E-state index contributed by atoms with van der Waals surface area (Å²) in [6.45, 7) is 6.08. The first-order valence-corrected chi connectivity index (χ1v) is 8.22. The van der Waals surface area contributed by atoms with E-state index in [-0.39, 0.29) is 11.4 Å². The summed E-state index contributed by atoms with van der Waals surface area (Å²) < 4.78 is 26.5. The van der Waals surface area contributed by atoms with E-state index in [1.807, 2.05) is 0 Å². The summed E-state index contributed by atoms with van der Waals surface area (Å²) in [5.74, 6) is 0. The van der Waals surface area contributed by atoms with Crippen molar-refractivity contribution in [1.29, 1.82) is 0 Å². The van der Waals surface area contributed by atoms with Crippen LogP contribution in [0, 0.1) is 6.92 Å². The molecule has 0 unspecified atom stereocenters. The third-order valence-electron chi connectivity index (χ3n) is 3.22. The van der Waals surface area contributed by atoms with E-state index in [0.717, 1.165) is 18.4 Å². The van der Waals surface area contributed by atoms with Crippen LogP contribution >= 0.6 is 11.6 Å². The van der Waals surface area contributed by atoms with Crippen molar-refractivity contribution >= 4 is 21.6 Å². The van der Waals surface area contributed by atoms with Crippen LogP contribution < -0.4 is 5.73 Å². The zero-order valence-corrected chi connectivity index (χ0v) is 13.5. The fraction of sp³-hybridized carbons (Fsp3) is 0.429. The maximum atomic E-state index is 12.6. The molecule has 20 heavy (non-hydrogen) atoms. The van der Waals surface area contributed by atoms with Gasteiger partial charge in [0, 0.05) is 25.2 Å². The standard InChI is InChI=1S/C14H21ClN2O2S/c1-4-5-6-7-17(3)20(18,19)14-9-13(15)8-12(10-16)11(14)2/h4,8-9H,1,5-7,10,16H2,2-3H3. The van der Waals surface area contributed by atoms with Gasteiger partial charge in [0.25, 0.3) is 0 Å². The summed E-state index contributed by atoms with van der Waals surface area (Å²) in [5, 5.41) is 0.383. The Kier molecular flexibility index (Phi) is 6.20. The number of hydrogen-bond donors (Lipinski definition) is 1. The Bertz CT molecular complexity index is 585. The van der Waals surface area contributed by atoms with Crippen molar-refractivity contribution in [3.05, 3.63) is 40.9 Å². The second kappa shape index (κ2) is 7.22. The predicted molar refractivity (Wildman–Crippen MR) is 83.3 cm³/mol. The van der Waals surface area contributed by atoms with Crippen molar-refractivity contribution in [2.45, 2.75) is 31.2 Å². The van der Waals surface area contributed by atoms with Gasteiger partial charge in [-0.2, -0.15) is 0 Å². The number of nitrogens with zero attached hydrogens (tertiary/aromatic N) is 1. The number of allylic oxidation sites excluding steroid dienone is 1. The summed E-state index contributed by atoms with van der Waals surface area (Å²) in [6, 6.07) is 3.18. The maximum absolute atomic E-state index is 12.6. The van der Waals surface area contributed by atoms with Crippen molar-refractivity contribution in [3.63, 3.8) is 0 Å². The lowest BCUT2D eigenvalue weighted by Gasteiger charge is -2.19. The molecule has 6 heteroatoms. The molecule has 0 atom stereocenters. The number of nitrogens with two attached hydrogens (primary N) is 1. The van der Waals surface area contributed by atoms with Crippen LogP contribution in [0.15, 0.2) is 29.7 Å². The highest BCUT2D eigenvalue weighted by atomic mass is 35.5. The fourth-order valence-electron chi connectivity index (χ4n) is 1.93. The maximum Gasteiger partial charge on any atom is 0.243 e. The minimum absolute atomic E-state index is 0.228. The van der Waals surface area contributed by atoms with E-state index in [0.29, 0.717) is 17.1 Å². The first kappa shape index (κ1) is 17.2. The quantitative estimate of drug-likeness (QED) is 0.621. The SMILES string of the molecule is C=CCCCN(C)S(=O)(=O)c1cc(Cl)cc(CN)c1C. The fourth-order valence-corrected chi connectivity index (χ4v) is 3.74. The summed E-state index contributed by atoms with van der Waals surface area (Å²) in [6.07, 6.45) is 3.29. The molecule has 0 aromatic heterocycles. The molecule has 0 aliphatic heterocycles. The highest BCUT2D eigenvalue weighted by molar-refractivity contribution is 7.89. The summed E-state index contributed by atoms with van der Waals surface area (Å²) in [7, 11) is -1.98. The molecule has 0 spiro atoms. The van der Waals surface area contributed by atoms with Gasteiger partial charge in [0.05, 0.1) is 4.90 Å². The van der Waals surface area contributed by atoms with E-state index in [4.69, 9.17) is 17.3 Å². The molecule has 0 aliphatic rings. The van der Waals surface area contributed by atoms with E-state index in [9.17, 15) is 8.42 Å². The molecule has 0 saturated heterocycles. The van der Waals surface area contributed by atoms with Crippen LogP contribution in [0.3, 0.4) is 0 Å². The van der Waals surface area contributed by atoms with Crippen molar-refractivity contribution in [1.82, 2.24) is 4.31 Å². The van der Waals surface area contributed by atoms with E-state index in [1.54, 1.807) is 26.1 Å². The Morgan fingerprint density at radius 3 is 2.65 bits per heavy atom. The van der Waals surface area contributed by atoms with Crippen LogP contribution in [-0.2, 0) is 16.6 Å². The van der Waals surface area contributed by atoms with Gasteiger partial charge in [-0.05, 0) is 43.0 Å². The Labute approximate surface area is 126 Å². The van der Waals surface area contributed by atoms with E-state index < -0.39 is 10.0 Å². The van der Waals surface area contributed by atoms with Crippen LogP contribution in [0.4, 0.5) is 0 Å². The molecule has 0 amide bonds. The van der Waals surface area contributed by atoms with Crippen molar-refractivity contribution in [3.8, 4) is 0 Å². The minimum atomic E-state index is -3.55. The van der Waals surface area contributed by atoms with E-state index >= 15 is 0 Å². The van der Waals surface area contributed by atoms with Gasteiger partial charge in [-0.15, -0.1) is 6.58 Å². The Hall–Kier alpha value is -0.880. The highest BCUT2D eigenvalue weighted by Gasteiger charge is 2.24. The highest BCUT2D eigenvalue weighted by Crippen LogP contribution is 2.26. The minimum Gasteiger partial charge on any atom is -0.326 e. The Balaban J connectivity index is 3.15. The first-order valence-electron chi connectivity index (χ1n) is 6.41. The Morgan fingerprint density at radius 1 is 1.45 bits per heavy atom. The van der Waals surface area contributed by atoms with Crippen LogP contribution in [-0.4, -0.2) is 26.3 Å². The average Bonchev–Trinajstić information content (AvgIpc) is 2.40. The molecule has 0 saturated carbocycles. The van der Waals surface area contributed by atoms with Gasteiger partial charge in [0.1, 0.15) is 0 Å². The second-order valence-corrected chi connectivity index (χ2v) is 7.10. The van der Waals surface area contributed by atoms with Crippen LogP contribution in [0.2, 0.25) is 5.02 Å². The van der Waals surface area contributed by atoms with Gasteiger partial charge in [0.2, 0.25) is 10.0 Å². The van der Waals surface area contributed by atoms with Crippen LogP contribution in [0.5, 0.6) is 0 Å². The lowest BCUT2D eigenvalue weighted by atomic mass is 10.1. The molecule has 112 valence electrons. The van der Waals surface area contributed by atoms with Crippen molar-refractivity contribution in [2.24, 2.45) is 5.73 Å². The third-order valence-corrected chi connectivity index (χ3v) is 5.42. The lowest BCUT2D eigenvalue weighted by Crippen LogP contribution is -2.28. The molecule has 2 N–H and O–H groups in total. The van der Waals surface area contributed by atoms with Crippen molar-refractivity contribution < 1.29 is 8.42 Å². The molecule has 0 radical (unpaired) electrons. The molecule has 0 bridgehead atoms. The van der Waals surface area contributed by atoms with Crippen LogP contribution in [0.25, 0.3) is 0 Å². The molecule has 0 aliphatic carbocycles. The monoisotopic (exact) mass is 316 g/mol. The Morgan fingerprint density at radius 2 is 2.10 bits per heavy atom. The average molecular weight is 317 g/mol. The van der Waals surface area contributed by atoms with Gasteiger partial charge in [0.15, 0.2) is 0 Å². The smallest absolute Gasteiger partial charge is 0.243 e. The topological polar surface area (TPSA) is 63.4 Å². The number of unbranched alkanes of at least 4 members (excludes halogenated alkanes) is 1. The summed E-state index contributed by atoms with van der Waals surface area (Å²) >= 11 is 5.99. The molecule has 1 aromatic rings. The largest absolute Gasteiger partial charge is 0.326 e. The predicted octanol–water partition coefficient (Wildman–Crippen LogP) is 2.69. The number of halogens is 1. The number of rotatable bonds is 7. The van der Waals surface area contributed by atoms with E-state index in [1.165, 1.54) is 10.4 Å². The van der Waals surface area contributed by atoms with Gasteiger partial charge >= 0.3 is 0 Å². The first-order chi connectivity index (χ1) is 9.34. The zero-order valence-electron chi connectivity index (χ0n) is 11.9. The molecular formula is C14H21ClN2O2S. The number of sulfonamides is 1. The molecule has 1 rings (SSSR count). The summed E-state index contributed by atoms with van der Waals surface area (Å²) in [5.41, 5.74) is 7.03. The number of hydrogen-bond acceptors (Lipinski definition) is 3. The molecule has 4 nitrogen and oxygen atoms in total. The third kappa shape index (κ3) is 3.82. The van der Waals surface area contributed by atoms with Crippen molar-refractivity contribution in [2.75, 3.05) is 13.6 Å². The molecule has 0 fully saturated rings. The van der Waals surface area contributed by atoms with Gasteiger partial charge in [-0.3, -0.25) is 0 Å². The van der Waals surface area contributed by atoms with Crippen LogP contribution in [0.1, 0.15) is 24.0 Å². The molecule has 0 heterocycles. The van der Waals surface area contributed by atoms with Gasteiger partial charge in [-0.1, -0.05) is 17.7 Å². The normalized spacial score (nSPS) is 11.8. The lowest BCUT2D eigenvalue weighted by molar-refractivity contribution is 0.462. The molecule has 1 aromatic carbocycles.